The van der Waals surface area contributed by atoms with Crippen molar-refractivity contribution >= 4 is 29.2 Å². The molecular formula is C18H22ClN5O2. The molecule has 0 spiro atoms. The number of carbonyl (C=O) groups is 2. The number of urea groups is 1. The van der Waals surface area contributed by atoms with Gasteiger partial charge >= 0.3 is 6.03 Å². The number of amides is 3. The number of benzene rings is 1. The molecule has 138 valence electrons. The van der Waals surface area contributed by atoms with Gasteiger partial charge < -0.3 is 15.1 Å². The van der Waals surface area contributed by atoms with E-state index in [0.29, 0.717) is 31.2 Å². The van der Waals surface area contributed by atoms with E-state index in [4.69, 9.17) is 11.6 Å². The Morgan fingerprint density at radius 2 is 2.27 bits per heavy atom. The molecule has 0 saturated carbocycles. The quantitative estimate of drug-likeness (QED) is 0.842. The minimum Gasteiger partial charge on any atom is -0.333 e. The molecule has 2 heterocycles. The van der Waals surface area contributed by atoms with Gasteiger partial charge in [-0.1, -0.05) is 17.7 Å². The third kappa shape index (κ3) is 4.35. The Balaban J connectivity index is 1.56. The van der Waals surface area contributed by atoms with Crippen LogP contribution < -0.4 is 10.2 Å². The summed E-state index contributed by atoms with van der Waals surface area (Å²) in [4.78, 5) is 28.2. The first-order valence-corrected chi connectivity index (χ1v) is 9.03. The van der Waals surface area contributed by atoms with E-state index in [9.17, 15) is 9.59 Å². The molecule has 0 radical (unpaired) electrons. The molecule has 8 heteroatoms. The first-order chi connectivity index (χ1) is 12.6. The number of likely N-dealkylation sites (N-methyl/N-ethyl adjacent to an activating group) is 1. The summed E-state index contributed by atoms with van der Waals surface area (Å²) >= 11 is 6.01. The Morgan fingerprint density at radius 1 is 1.42 bits per heavy atom. The Kier molecular flexibility index (Phi) is 5.78. The van der Waals surface area contributed by atoms with Crippen molar-refractivity contribution < 1.29 is 9.59 Å². The summed E-state index contributed by atoms with van der Waals surface area (Å²) in [6, 6.07) is 8.65. The van der Waals surface area contributed by atoms with E-state index in [1.54, 1.807) is 32.8 Å². The highest BCUT2D eigenvalue weighted by Crippen LogP contribution is 2.24. The highest BCUT2D eigenvalue weighted by Gasteiger charge is 2.32. The van der Waals surface area contributed by atoms with Crippen LogP contribution in [-0.2, 0) is 11.3 Å². The lowest BCUT2D eigenvalue weighted by atomic mass is 10.2. The molecule has 1 unspecified atom stereocenters. The van der Waals surface area contributed by atoms with Crippen LogP contribution in [0, 0.1) is 0 Å². The monoisotopic (exact) mass is 375 g/mol. The van der Waals surface area contributed by atoms with Crippen LogP contribution in [-0.4, -0.2) is 52.3 Å². The fourth-order valence-electron chi connectivity index (χ4n) is 3.02. The van der Waals surface area contributed by atoms with E-state index >= 15 is 0 Å². The third-order valence-electron chi connectivity index (χ3n) is 4.40. The second-order valence-corrected chi connectivity index (χ2v) is 6.62. The van der Waals surface area contributed by atoms with Crippen molar-refractivity contribution in [1.29, 1.82) is 0 Å². The summed E-state index contributed by atoms with van der Waals surface area (Å²) < 4.78 is 1.79. The van der Waals surface area contributed by atoms with Gasteiger partial charge in [-0.2, -0.15) is 5.10 Å². The van der Waals surface area contributed by atoms with Crippen molar-refractivity contribution in [3.8, 4) is 0 Å². The van der Waals surface area contributed by atoms with Gasteiger partial charge in [0.05, 0.1) is 12.6 Å². The summed E-state index contributed by atoms with van der Waals surface area (Å²) in [5.74, 6) is -0.0165. The average Bonchev–Trinajstić information content (AvgIpc) is 3.25. The fourth-order valence-corrected chi connectivity index (χ4v) is 3.21. The van der Waals surface area contributed by atoms with E-state index in [0.717, 1.165) is 5.69 Å². The molecule has 1 aromatic heterocycles. The molecule has 26 heavy (non-hydrogen) atoms. The molecule has 0 bridgehead atoms. The third-order valence-corrected chi connectivity index (χ3v) is 4.63. The van der Waals surface area contributed by atoms with Crippen molar-refractivity contribution in [3.05, 3.63) is 47.7 Å². The molecule has 1 atom stereocenters. The minimum absolute atomic E-state index is 0.0165. The van der Waals surface area contributed by atoms with E-state index in [-0.39, 0.29) is 24.4 Å². The zero-order valence-electron chi connectivity index (χ0n) is 14.6. The van der Waals surface area contributed by atoms with Gasteiger partial charge in [0.25, 0.3) is 0 Å². The Morgan fingerprint density at radius 3 is 2.96 bits per heavy atom. The molecule has 2 aromatic rings. The number of nitrogens with one attached hydrogen (secondary N) is 1. The van der Waals surface area contributed by atoms with Gasteiger partial charge in [0.2, 0.25) is 5.91 Å². The van der Waals surface area contributed by atoms with Crippen LogP contribution in [0.4, 0.5) is 10.5 Å². The van der Waals surface area contributed by atoms with E-state index in [2.05, 4.69) is 10.4 Å². The van der Waals surface area contributed by atoms with Crippen molar-refractivity contribution in [2.45, 2.75) is 25.9 Å². The van der Waals surface area contributed by atoms with Gasteiger partial charge in [-0.05, 0) is 31.2 Å². The van der Waals surface area contributed by atoms with Crippen LogP contribution in [0.25, 0.3) is 0 Å². The molecule has 1 saturated heterocycles. The predicted molar refractivity (Wildman–Crippen MR) is 100 cm³/mol. The van der Waals surface area contributed by atoms with Gasteiger partial charge in [-0.25, -0.2) is 4.79 Å². The molecule has 7 nitrogen and oxygen atoms in total. The number of halogens is 1. The fraction of sp³-hybridized carbons (Fsp3) is 0.389. The number of aromatic nitrogens is 2. The molecule has 3 rings (SSSR count). The Hall–Kier alpha value is -2.54. The zero-order valence-corrected chi connectivity index (χ0v) is 15.4. The van der Waals surface area contributed by atoms with E-state index in [1.165, 1.54) is 0 Å². The first-order valence-electron chi connectivity index (χ1n) is 8.65. The standard InChI is InChI=1S/C18H22ClN5O2/c1-2-22(9-10-23-8-4-7-20-23)18(26)21-15-12-17(25)24(13-15)16-6-3-5-14(19)11-16/h3-8,11,15H,2,9-10,12-13H2,1H3,(H,21,26). The number of anilines is 1. The number of rotatable bonds is 6. The summed E-state index contributed by atoms with van der Waals surface area (Å²) in [6.07, 6.45) is 3.87. The maximum absolute atomic E-state index is 12.5. The highest BCUT2D eigenvalue weighted by molar-refractivity contribution is 6.30. The van der Waals surface area contributed by atoms with Gasteiger partial charge in [0, 0.05) is 49.2 Å². The van der Waals surface area contributed by atoms with Crippen LogP contribution in [0.1, 0.15) is 13.3 Å². The van der Waals surface area contributed by atoms with Crippen LogP contribution >= 0.6 is 11.6 Å². The second kappa shape index (κ2) is 8.23. The summed E-state index contributed by atoms with van der Waals surface area (Å²) in [7, 11) is 0. The summed E-state index contributed by atoms with van der Waals surface area (Å²) in [6.45, 7) is 4.16. The van der Waals surface area contributed by atoms with E-state index < -0.39 is 0 Å². The highest BCUT2D eigenvalue weighted by atomic mass is 35.5. The van der Waals surface area contributed by atoms with Crippen LogP contribution in [0.15, 0.2) is 42.7 Å². The van der Waals surface area contributed by atoms with Crippen molar-refractivity contribution in [3.63, 3.8) is 0 Å². The molecule has 1 fully saturated rings. The predicted octanol–water partition coefficient (Wildman–Crippen LogP) is 2.37. The van der Waals surface area contributed by atoms with Crippen LogP contribution in [0.2, 0.25) is 5.02 Å². The van der Waals surface area contributed by atoms with Crippen molar-refractivity contribution in [2.24, 2.45) is 0 Å². The van der Waals surface area contributed by atoms with Gasteiger partial charge in [0.15, 0.2) is 0 Å². The van der Waals surface area contributed by atoms with Gasteiger partial charge in [-0.15, -0.1) is 0 Å². The number of hydrogen-bond acceptors (Lipinski definition) is 3. The molecule has 1 aliphatic heterocycles. The zero-order chi connectivity index (χ0) is 18.5. The van der Waals surface area contributed by atoms with Gasteiger partial charge in [0.1, 0.15) is 0 Å². The number of carbonyl (C=O) groups excluding carboxylic acids is 2. The summed E-state index contributed by atoms with van der Waals surface area (Å²) in [5, 5.41) is 7.69. The maximum Gasteiger partial charge on any atom is 0.317 e. The molecular weight excluding hydrogens is 354 g/mol. The Labute approximate surface area is 157 Å². The van der Waals surface area contributed by atoms with Crippen molar-refractivity contribution in [2.75, 3.05) is 24.5 Å². The number of hydrogen-bond donors (Lipinski definition) is 1. The normalized spacial score (nSPS) is 16.8. The molecule has 3 amide bonds. The molecule has 1 aliphatic rings. The SMILES string of the molecule is CCN(CCn1cccn1)C(=O)NC1CC(=O)N(c2cccc(Cl)c2)C1. The van der Waals surface area contributed by atoms with Crippen LogP contribution in [0.5, 0.6) is 0 Å². The lowest BCUT2D eigenvalue weighted by Gasteiger charge is -2.24. The average molecular weight is 376 g/mol. The molecule has 0 aliphatic carbocycles. The van der Waals surface area contributed by atoms with Gasteiger partial charge in [-0.3, -0.25) is 9.48 Å². The largest absolute Gasteiger partial charge is 0.333 e. The minimum atomic E-state index is -0.215. The van der Waals surface area contributed by atoms with Crippen molar-refractivity contribution in [1.82, 2.24) is 20.0 Å². The van der Waals surface area contributed by atoms with E-state index in [1.807, 2.05) is 31.3 Å². The summed E-state index contributed by atoms with van der Waals surface area (Å²) in [5.41, 5.74) is 0.755. The lowest BCUT2D eigenvalue weighted by molar-refractivity contribution is -0.117. The smallest absolute Gasteiger partial charge is 0.317 e. The maximum atomic E-state index is 12.5. The number of nitrogens with zero attached hydrogens (tertiary/aromatic N) is 4. The topological polar surface area (TPSA) is 70.5 Å². The van der Waals surface area contributed by atoms with Crippen LogP contribution in [0.3, 0.4) is 0 Å². The lowest BCUT2D eigenvalue weighted by Crippen LogP contribution is -2.46. The first kappa shape index (κ1) is 18.3. The Bertz CT molecular complexity index is 765. The second-order valence-electron chi connectivity index (χ2n) is 6.18. The molecule has 1 aromatic carbocycles. The molecule has 1 N–H and O–H groups in total.